The van der Waals surface area contributed by atoms with Gasteiger partial charge < -0.3 is 5.32 Å². The largest absolute Gasteiger partial charge is 0.326 e. The third kappa shape index (κ3) is 4.85. The molecule has 22 heavy (non-hydrogen) atoms. The van der Waals surface area contributed by atoms with Gasteiger partial charge in [0, 0.05) is 28.7 Å². The molecule has 0 fully saturated rings. The van der Waals surface area contributed by atoms with Gasteiger partial charge in [0.25, 0.3) is 0 Å². The van der Waals surface area contributed by atoms with Crippen molar-refractivity contribution < 1.29 is 4.79 Å². The lowest BCUT2D eigenvalue weighted by molar-refractivity contribution is -0.115. The zero-order valence-electron chi connectivity index (χ0n) is 13.5. The minimum absolute atomic E-state index is 0.0504. The summed E-state index contributed by atoms with van der Waals surface area (Å²) in [6, 6.07) is 7.82. The fraction of sp³-hybridized carbons (Fsp3) is 0.412. The summed E-state index contributed by atoms with van der Waals surface area (Å²) in [5.74, 6) is 0.795. The van der Waals surface area contributed by atoms with Crippen LogP contribution in [-0.4, -0.2) is 16.6 Å². The molecule has 0 spiro atoms. The quantitative estimate of drug-likeness (QED) is 0.793. The molecule has 0 saturated carbocycles. The molecular weight excluding hydrogens is 312 g/mol. The van der Waals surface area contributed by atoms with E-state index in [0.29, 0.717) is 6.42 Å². The predicted octanol–water partition coefficient (Wildman–Crippen LogP) is 4.87. The number of thioether (sulfide) groups is 1. The van der Waals surface area contributed by atoms with Crippen LogP contribution < -0.4 is 5.32 Å². The number of amides is 1. The third-order valence-corrected chi connectivity index (χ3v) is 5.25. The minimum Gasteiger partial charge on any atom is -0.326 e. The first-order valence-corrected chi connectivity index (χ1v) is 9.17. The van der Waals surface area contributed by atoms with Gasteiger partial charge in [-0.25, -0.2) is 4.98 Å². The molecule has 1 N–H and O–H groups in total. The molecule has 1 heterocycles. The number of nitrogens with zero attached hydrogens (tertiary/aromatic N) is 1. The Morgan fingerprint density at radius 3 is 2.68 bits per heavy atom. The summed E-state index contributed by atoms with van der Waals surface area (Å²) in [5.41, 5.74) is 3.17. The van der Waals surface area contributed by atoms with Gasteiger partial charge in [0.1, 0.15) is 4.34 Å². The highest BCUT2D eigenvalue weighted by molar-refractivity contribution is 8.01. The highest BCUT2D eigenvalue weighted by Crippen LogP contribution is 2.29. The monoisotopic (exact) mass is 334 g/mol. The van der Waals surface area contributed by atoms with Crippen molar-refractivity contribution in [2.45, 2.75) is 43.9 Å². The average molecular weight is 335 g/mol. The van der Waals surface area contributed by atoms with Crippen molar-refractivity contribution >= 4 is 34.7 Å². The van der Waals surface area contributed by atoms with E-state index in [2.05, 4.69) is 36.5 Å². The molecule has 3 nitrogen and oxygen atoms in total. The van der Waals surface area contributed by atoms with Crippen molar-refractivity contribution in [3.8, 4) is 0 Å². The Bertz CT molecular complexity index is 644. The number of anilines is 1. The maximum atomic E-state index is 12.0. The van der Waals surface area contributed by atoms with Crippen molar-refractivity contribution in [3.05, 3.63) is 40.9 Å². The molecule has 1 aromatic heterocycles. The van der Waals surface area contributed by atoms with Gasteiger partial charge in [0.15, 0.2) is 0 Å². The zero-order valence-corrected chi connectivity index (χ0v) is 15.1. The molecule has 0 aliphatic carbocycles. The number of carbonyl (C=O) groups is 1. The molecule has 2 aromatic rings. The maximum Gasteiger partial charge on any atom is 0.225 e. The molecule has 0 aliphatic rings. The minimum atomic E-state index is 0.0504. The highest BCUT2D eigenvalue weighted by atomic mass is 32.2. The summed E-state index contributed by atoms with van der Waals surface area (Å²) in [6.07, 6.45) is 0.490. The van der Waals surface area contributed by atoms with Gasteiger partial charge in [-0.05, 0) is 18.6 Å². The van der Waals surface area contributed by atoms with Crippen LogP contribution in [0.1, 0.15) is 38.4 Å². The zero-order chi connectivity index (χ0) is 16.2. The van der Waals surface area contributed by atoms with E-state index in [4.69, 9.17) is 0 Å². The smallest absolute Gasteiger partial charge is 0.225 e. The summed E-state index contributed by atoms with van der Waals surface area (Å²) in [7, 11) is 0. The second-order valence-electron chi connectivity index (χ2n) is 6.21. The SMILES string of the molecule is Cc1ccccc1NC(=O)CCSc1nc(C(C)(C)C)cs1. The maximum absolute atomic E-state index is 12.0. The number of aryl methyl sites for hydroxylation is 1. The van der Waals surface area contributed by atoms with Crippen molar-refractivity contribution in [1.82, 2.24) is 4.98 Å². The van der Waals surface area contributed by atoms with Gasteiger partial charge in [-0.15, -0.1) is 11.3 Å². The number of benzene rings is 1. The molecule has 2 rings (SSSR count). The second-order valence-corrected chi connectivity index (χ2v) is 8.41. The van der Waals surface area contributed by atoms with E-state index in [1.165, 1.54) is 0 Å². The van der Waals surface area contributed by atoms with E-state index in [0.717, 1.165) is 27.0 Å². The summed E-state index contributed by atoms with van der Waals surface area (Å²) in [5, 5.41) is 5.06. The Labute approximate surface area is 140 Å². The predicted molar refractivity (Wildman–Crippen MR) is 96.0 cm³/mol. The Kier molecular flexibility index (Phi) is 5.64. The molecule has 1 amide bonds. The van der Waals surface area contributed by atoms with E-state index in [-0.39, 0.29) is 11.3 Å². The van der Waals surface area contributed by atoms with Crippen molar-refractivity contribution in [3.63, 3.8) is 0 Å². The lowest BCUT2D eigenvalue weighted by atomic mass is 9.93. The highest BCUT2D eigenvalue weighted by Gasteiger charge is 2.17. The molecule has 0 atom stereocenters. The van der Waals surface area contributed by atoms with Gasteiger partial charge in [-0.2, -0.15) is 0 Å². The second kappa shape index (κ2) is 7.29. The molecule has 0 aliphatic heterocycles. The van der Waals surface area contributed by atoms with Crippen LogP contribution in [0.2, 0.25) is 0 Å². The standard InChI is InChI=1S/C17H22N2OS2/c1-12-7-5-6-8-13(12)18-15(20)9-10-21-16-19-14(11-22-16)17(2,3)4/h5-8,11H,9-10H2,1-4H3,(H,18,20). The van der Waals surface area contributed by atoms with E-state index >= 15 is 0 Å². The third-order valence-electron chi connectivity index (χ3n) is 3.23. The Hall–Kier alpha value is -1.33. The average Bonchev–Trinajstić information content (AvgIpc) is 2.90. The fourth-order valence-electron chi connectivity index (χ4n) is 1.82. The van der Waals surface area contributed by atoms with Gasteiger partial charge in [-0.3, -0.25) is 4.79 Å². The van der Waals surface area contributed by atoms with Crippen LogP contribution >= 0.6 is 23.1 Å². The molecule has 118 valence electrons. The van der Waals surface area contributed by atoms with Gasteiger partial charge in [0.2, 0.25) is 5.91 Å². The van der Waals surface area contributed by atoms with E-state index < -0.39 is 0 Å². The molecule has 0 radical (unpaired) electrons. The first-order valence-electron chi connectivity index (χ1n) is 7.30. The number of para-hydroxylation sites is 1. The van der Waals surface area contributed by atoms with Crippen molar-refractivity contribution in [2.24, 2.45) is 0 Å². The number of hydrogen-bond acceptors (Lipinski definition) is 4. The number of carbonyl (C=O) groups excluding carboxylic acids is 1. The number of aromatic nitrogens is 1. The van der Waals surface area contributed by atoms with Crippen LogP contribution in [0.4, 0.5) is 5.69 Å². The summed E-state index contributed by atoms with van der Waals surface area (Å²) < 4.78 is 1.04. The van der Waals surface area contributed by atoms with E-state index in [1.807, 2.05) is 31.2 Å². The normalized spacial score (nSPS) is 11.5. The molecule has 0 unspecified atom stereocenters. The van der Waals surface area contributed by atoms with Crippen LogP contribution in [0.25, 0.3) is 0 Å². The van der Waals surface area contributed by atoms with Gasteiger partial charge in [-0.1, -0.05) is 50.7 Å². The Morgan fingerprint density at radius 1 is 1.32 bits per heavy atom. The van der Waals surface area contributed by atoms with E-state index in [1.54, 1.807) is 23.1 Å². The fourth-order valence-corrected chi connectivity index (χ4v) is 3.89. The van der Waals surface area contributed by atoms with Crippen LogP contribution in [0.15, 0.2) is 34.0 Å². The Balaban J connectivity index is 1.80. The Morgan fingerprint density at radius 2 is 2.05 bits per heavy atom. The number of thiazole rings is 1. The van der Waals surface area contributed by atoms with Crippen LogP contribution in [-0.2, 0) is 10.2 Å². The van der Waals surface area contributed by atoms with E-state index in [9.17, 15) is 4.79 Å². The topological polar surface area (TPSA) is 42.0 Å². The van der Waals surface area contributed by atoms with Gasteiger partial charge in [0.05, 0.1) is 5.69 Å². The van der Waals surface area contributed by atoms with Crippen molar-refractivity contribution in [1.29, 1.82) is 0 Å². The summed E-state index contributed by atoms with van der Waals surface area (Å²) in [4.78, 5) is 16.6. The van der Waals surface area contributed by atoms with Crippen molar-refractivity contribution in [2.75, 3.05) is 11.1 Å². The molecule has 0 bridgehead atoms. The molecule has 5 heteroatoms. The van der Waals surface area contributed by atoms with Crippen LogP contribution in [0.5, 0.6) is 0 Å². The molecule has 0 saturated heterocycles. The van der Waals surface area contributed by atoms with Gasteiger partial charge >= 0.3 is 0 Å². The van der Waals surface area contributed by atoms with Crippen LogP contribution in [0, 0.1) is 6.92 Å². The first-order chi connectivity index (χ1) is 10.4. The van der Waals surface area contributed by atoms with Crippen LogP contribution in [0.3, 0.4) is 0 Å². The summed E-state index contributed by atoms with van der Waals surface area (Å²) in [6.45, 7) is 8.47. The number of hydrogen-bond donors (Lipinski definition) is 1. The summed E-state index contributed by atoms with van der Waals surface area (Å²) >= 11 is 3.30. The first kappa shape index (κ1) is 17.0. The molecular formula is C17H22N2OS2. The molecule has 1 aromatic carbocycles. The number of rotatable bonds is 5. The lowest BCUT2D eigenvalue weighted by Gasteiger charge is -2.14. The lowest BCUT2D eigenvalue weighted by Crippen LogP contribution is -2.13. The number of nitrogens with one attached hydrogen (secondary N) is 1.